The molecular formula is C9H13NO5. The zero-order chi connectivity index (χ0) is 11.2. The maximum atomic E-state index is 11.4. The molecule has 0 spiro atoms. The Hall–Kier alpha value is -1.14. The normalized spacial score (nSPS) is 39.4. The highest BCUT2D eigenvalue weighted by Gasteiger charge is 2.54. The number of hydrogen-bond donors (Lipinski definition) is 2. The number of Topliss-reactive ketones (excluding diaryl/α,β-unsaturated/α-hetero) is 1. The molecule has 15 heavy (non-hydrogen) atoms. The molecule has 6 heteroatoms. The van der Waals surface area contributed by atoms with E-state index in [1.807, 2.05) is 0 Å². The van der Waals surface area contributed by atoms with Crippen LogP contribution in [0.4, 0.5) is 4.79 Å². The SMILES string of the molecule is COC(=O)N1[C@@H]2CC(=O)C[C@H]1[C@H](O)[C@@H]2O. The summed E-state index contributed by atoms with van der Waals surface area (Å²) in [7, 11) is 1.23. The monoisotopic (exact) mass is 215 g/mol. The quantitative estimate of drug-likeness (QED) is 0.535. The average Bonchev–Trinajstić information content (AvgIpc) is 2.38. The molecular weight excluding hydrogens is 202 g/mol. The highest BCUT2D eigenvalue weighted by atomic mass is 16.5. The average molecular weight is 215 g/mol. The van der Waals surface area contributed by atoms with Crippen LogP contribution in [0.1, 0.15) is 12.8 Å². The first-order valence-corrected chi connectivity index (χ1v) is 4.80. The van der Waals surface area contributed by atoms with Crippen LogP contribution in [-0.2, 0) is 9.53 Å². The van der Waals surface area contributed by atoms with Crippen LogP contribution in [0, 0.1) is 0 Å². The molecule has 0 aromatic rings. The molecule has 6 nitrogen and oxygen atoms in total. The minimum atomic E-state index is -1.06. The third-order valence-corrected chi connectivity index (χ3v) is 3.11. The van der Waals surface area contributed by atoms with Gasteiger partial charge in [0.2, 0.25) is 0 Å². The molecule has 2 aliphatic rings. The number of carbonyl (C=O) groups is 2. The van der Waals surface area contributed by atoms with Crippen molar-refractivity contribution in [3.05, 3.63) is 0 Å². The minimum Gasteiger partial charge on any atom is -0.453 e. The molecule has 0 aromatic heterocycles. The third kappa shape index (κ3) is 1.40. The highest BCUT2D eigenvalue weighted by Crippen LogP contribution is 2.34. The molecule has 1 amide bonds. The number of fused-ring (bicyclic) bond motifs is 2. The van der Waals surface area contributed by atoms with Gasteiger partial charge in [0.1, 0.15) is 18.0 Å². The van der Waals surface area contributed by atoms with E-state index in [1.54, 1.807) is 0 Å². The van der Waals surface area contributed by atoms with Crippen molar-refractivity contribution in [3.63, 3.8) is 0 Å². The van der Waals surface area contributed by atoms with E-state index in [9.17, 15) is 19.8 Å². The van der Waals surface area contributed by atoms with Crippen LogP contribution in [0.15, 0.2) is 0 Å². The van der Waals surface area contributed by atoms with Crippen molar-refractivity contribution in [2.45, 2.75) is 37.1 Å². The molecule has 2 aliphatic heterocycles. The second-order valence-corrected chi connectivity index (χ2v) is 3.94. The van der Waals surface area contributed by atoms with Crippen LogP contribution < -0.4 is 0 Å². The lowest BCUT2D eigenvalue weighted by Gasteiger charge is -2.32. The Labute approximate surface area is 86.4 Å². The molecule has 2 N–H and O–H groups in total. The van der Waals surface area contributed by atoms with Crippen molar-refractivity contribution in [2.24, 2.45) is 0 Å². The summed E-state index contributed by atoms with van der Waals surface area (Å²) in [5.74, 6) is -0.0410. The molecule has 2 bridgehead atoms. The molecule has 2 heterocycles. The smallest absolute Gasteiger partial charge is 0.410 e. The summed E-state index contributed by atoms with van der Waals surface area (Å²) in [5, 5.41) is 19.3. The van der Waals surface area contributed by atoms with Crippen molar-refractivity contribution in [2.75, 3.05) is 7.11 Å². The molecule has 2 saturated heterocycles. The van der Waals surface area contributed by atoms with E-state index in [4.69, 9.17) is 0 Å². The van der Waals surface area contributed by atoms with Crippen molar-refractivity contribution in [1.29, 1.82) is 0 Å². The van der Waals surface area contributed by atoms with Gasteiger partial charge in [0, 0.05) is 12.8 Å². The molecule has 84 valence electrons. The van der Waals surface area contributed by atoms with Crippen molar-refractivity contribution in [3.8, 4) is 0 Å². The fraction of sp³-hybridized carbons (Fsp3) is 0.778. The summed E-state index contributed by atoms with van der Waals surface area (Å²) in [6, 6.07) is -1.28. The Morgan fingerprint density at radius 3 is 2.20 bits per heavy atom. The number of nitrogens with zero attached hydrogens (tertiary/aromatic N) is 1. The van der Waals surface area contributed by atoms with Crippen LogP contribution in [0.5, 0.6) is 0 Å². The number of aliphatic hydroxyl groups is 2. The van der Waals surface area contributed by atoms with Gasteiger partial charge in [-0.15, -0.1) is 0 Å². The zero-order valence-corrected chi connectivity index (χ0v) is 8.29. The Kier molecular flexibility index (Phi) is 2.40. The molecule has 0 unspecified atom stereocenters. The molecule has 0 aliphatic carbocycles. The highest BCUT2D eigenvalue weighted by molar-refractivity contribution is 5.84. The standard InChI is InChI=1S/C9H13NO5/c1-15-9(14)10-5-2-4(11)3-6(10)8(13)7(5)12/h5-8,12-13H,2-3H2,1H3/t5-,6+,7-,8+. The first-order chi connectivity index (χ1) is 7.06. The minimum absolute atomic E-state index is 0.0410. The maximum Gasteiger partial charge on any atom is 0.410 e. The van der Waals surface area contributed by atoms with Crippen molar-refractivity contribution >= 4 is 11.9 Å². The van der Waals surface area contributed by atoms with Gasteiger partial charge in [-0.05, 0) is 0 Å². The van der Waals surface area contributed by atoms with Gasteiger partial charge in [0.05, 0.1) is 19.2 Å². The van der Waals surface area contributed by atoms with E-state index in [2.05, 4.69) is 4.74 Å². The lowest BCUT2D eigenvalue weighted by atomic mass is 10.0. The molecule has 0 saturated carbocycles. The summed E-state index contributed by atoms with van der Waals surface area (Å²) in [6.07, 6.45) is -2.54. The number of ketones is 1. The number of hydrogen-bond acceptors (Lipinski definition) is 5. The van der Waals surface area contributed by atoms with E-state index in [1.165, 1.54) is 12.0 Å². The molecule has 0 radical (unpaired) electrons. The maximum absolute atomic E-state index is 11.4. The molecule has 4 atom stereocenters. The van der Waals surface area contributed by atoms with Crippen molar-refractivity contribution < 1.29 is 24.5 Å². The van der Waals surface area contributed by atoms with E-state index >= 15 is 0 Å². The Bertz CT molecular complexity index is 285. The molecule has 2 fully saturated rings. The number of rotatable bonds is 0. The first kappa shape index (κ1) is 10.4. The Balaban J connectivity index is 2.28. The summed E-state index contributed by atoms with van der Waals surface area (Å²) >= 11 is 0. The molecule has 0 aromatic carbocycles. The summed E-state index contributed by atoms with van der Waals surface area (Å²) in [5.41, 5.74) is 0. The van der Waals surface area contributed by atoms with Crippen molar-refractivity contribution in [1.82, 2.24) is 4.90 Å². The van der Waals surface area contributed by atoms with Gasteiger partial charge in [-0.3, -0.25) is 9.69 Å². The second kappa shape index (κ2) is 3.46. The van der Waals surface area contributed by atoms with Crippen LogP contribution in [0.3, 0.4) is 0 Å². The van der Waals surface area contributed by atoms with Gasteiger partial charge < -0.3 is 14.9 Å². The van der Waals surface area contributed by atoms with E-state index in [-0.39, 0.29) is 18.6 Å². The van der Waals surface area contributed by atoms with Gasteiger partial charge in [-0.2, -0.15) is 0 Å². The number of carbonyl (C=O) groups excluding carboxylic acids is 2. The Morgan fingerprint density at radius 2 is 1.80 bits per heavy atom. The van der Waals surface area contributed by atoms with Crippen LogP contribution in [0.2, 0.25) is 0 Å². The first-order valence-electron chi connectivity index (χ1n) is 4.80. The Morgan fingerprint density at radius 1 is 1.33 bits per heavy atom. The van der Waals surface area contributed by atoms with E-state index in [0.29, 0.717) is 0 Å². The van der Waals surface area contributed by atoms with Crippen LogP contribution >= 0.6 is 0 Å². The second-order valence-electron chi connectivity index (χ2n) is 3.94. The van der Waals surface area contributed by atoms with Gasteiger partial charge in [0.25, 0.3) is 0 Å². The van der Waals surface area contributed by atoms with Crippen LogP contribution in [0.25, 0.3) is 0 Å². The summed E-state index contributed by atoms with van der Waals surface area (Å²) < 4.78 is 4.56. The van der Waals surface area contributed by atoms with Gasteiger partial charge in [-0.1, -0.05) is 0 Å². The summed E-state index contributed by atoms with van der Waals surface area (Å²) in [6.45, 7) is 0. The lowest BCUT2D eigenvalue weighted by Crippen LogP contribution is -2.49. The molecule has 2 rings (SSSR count). The van der Waals surface area contributed by atoms with Gasteiger partial charge in [-0.25, -0.2) is 4.79 Å². The predicted octanol–water partition coefficient (Wildman–Crippen LogP) is -1.11. The van der Waals surface area contributed by atoms with Gasteiger partial charge in [0.15, 0.2) is 0 Å². The third-order valence-electron chi connectivity index (χ3n) is 3.11. The number of aliphatic hydroxyl groups excluding tert-OH is 2. The largest absolute Gasteiger partial charge is 0.453 e. The fourth-order valence-electron chi connectivity index (χ4n) is 2.39. The van der Waals surface area contributed by atoms with E-state index < -0.39 is 30.4 Å². The topological polar surface area (TPSA) is 87.1 Å². The van der Waals surface area contributed by atoms with Gasteiger partial charge >= 0.3 is 6.09 Å². The number of amides is 1. The fourth-order valence-corrected chi connectivity index (χ4v) is 2.39. The number of piperidine rings is 1. The number of methoxy groups -OCH3 is 1. The summed E-state index contributed by atoms with van der Waals surface area (Å²) in [4.78, 5) is 23.9. The van der Waals surface area contributed by atoms with Crippen LogP contribution in [-0.4, -0.2) is 58.4 Å². The predicted molar refractivity (Wildman–Crippen MR) is 48.1 cm³/mol. The number of ether oxygens (including phenoxy) is 1. The van der Waals surface area contributed by atoms with E-state index in [0.717, 1.165) is 0 Å². The zero-order valence-electron chi connectivity index (χ0n) is 8.29. The lowest BCUT2D eigenvalue weighted by molar-refractivity contribution is -0.123.